The number of aliphatic imine (C=N–C) groups is 1. The van der Waals surface area contributed by atoms with Gasteiger partial charge in [-0.1, -0.05) is 24.6 Å². The van der Waals surface area contributed by atoms with Crippen LogP contribution in [0.4, 0.5) is 4.39 Å². The van der Waals surface area contributed by atoms with Crippen LogP contribution in [0.3, 0.4) is 0 Å². The minimum absolute atomic E-state index is 0.111. The molecule has 1 amide bonds. The summed E-state index contributed by atoms with van der Waals surface area (Å²) in [4.78, 5) is 16.0. The normalized spacial score (nSPS) is 18.8. The largest absolute Gasteiger partial charge is 0.356 e. The first kappa shape index (κ1) is 18.7. The zero-order chi connectivity index (χ0) is 18.4. The first-order valence-electron chi connectivity index (χ1n) is 9.62. The molecule has 0 spiro atoms. The SMILES string of the molecule is CN=C(NCCCNC(=O)C1CCC1)NCC1(c2ccccc2F)CC1. The summed E-state index contributed by atoms with van der Waals surface area (Å²) >= 11 is 0. The van der Waals surface area contributed by atoms with Crippen molar-refractivity contribution in [3.8, 4) is 0 Å². The molecule has 0 atom stereocenters. The van der Waals surface area contributed by atoms with Gasteiger partial charge in [0.15, 0.2) is 5.96 Å². The van der Waals surface area contributed by atoms with E-state index in [1.54, 1.807) is 13.1 Å². The van der Waals surface area contributed by atoms with Crippen molar-refractivity contribution in [3.63, 3.8) is 0 Å². The van der Waals surface area contributed by atoms with Crippen molar-refractivity contribution in [3.05, 3.63) is 35.6 Å². The molecule has 5 nitrogen and oxygen atoms in total. The van der Waals surface area contributed by atoms with Crippen LogP contribution in [-0.2, 0) is 10.2 Å². The van der Waals surface area contributed by atoms with Crippen LogP contribution in [0, 0.1) is 11.7 Å². The zero-order valence-corrected chi connectivity index (χ0v) is 15.5. The summed E-state index contributed by atoms with van der Waals surface area (Å²) < 4.78 is 14.1. The second kappa shape index (κ2) is 8.52. The van der Waals surface area contributed by atoms with Crippen molar-refractivity contribution in [2.24, 2.45) is 10.9 Å². The first-order chi connectivity index (χ1) is 12.6. The standard InChI is InChI=1S/C20H29FN4O/c1-22-19(24-13-5-12-23-18(26)15-6-4-7-15)25-14-20(10-11-20)16-8-2-3-9-17(16)21/h2-3,8-9,15H,4-7,10-14H2,1H3,(H,23,26)(H2,22,24,25). The summed E-state index contributed by atoms with van der Waals surface area (Å²) in [5, 5.41) is 9.57. The van der Waals surface area contributed by atoms with E-state index in [4.69, 9.17) is 0 Å². The van der Waals surface area contributed by atoms with E-state index in [1.165, 1.54) is 12.5 Å². The van der Waals surface area contributed by atoms with Crippen LogP contribution in [0.5, 0.6) is 0 Å². The topological polar surface area (TPSA) is 65.5 Å². The summed E-state index contributed by atoms with van der Waals surface area (Å²) in [6, 6.07) is 7.03. The van der Waals surface area contributed by atoms with Crippen LogP contribution in [0.2, 0.25) is 0 Å². The number of hydrogen-bond acceptors (Lipinski definition) is 2. The molecule has 0 saturated heterocycles. The predicted molar refractivity (Wildman–Crippen MR) is 102 cm³/mol. The van der Waals surface area contributed by atoms with Crippen molar-refractivity contribution in [2.45, 2.75) is 43.9 Å². The summed E-state index contributed by atoms with van der Waals surface area (Å²) in [6.07, 6.45) is 6.07. The molecular formula is C20H29FN4O. The second-order valence-corrected chi connectivity index (χ2v) is 7.39. The van der Waals surface area contributed by atoms with E-state index in [0.29, 0.717) is 13.1 Å². The number of nitrogens with one attached hydrogen (secondary N) is 3. The number of nitrogens with zero attached hydrogens (tertiary/aromatic N) is 1. The molecule has 26 heavy (non-hydrogen) atoms. The van der Waals surface area contributed by atoms with Gasteiger partial charge in [-0.05, 0) is 43.7 Å². The molecule has 3 N–H and O–H groups in total. The van der Waals surface area contributed by atoms with E-state index >= 15 is 0 Å². The lowest BCUT2D eigenvalue weighted by molar-refractivity contribution is -0.127. The molecule has 0 bridgehead atoms. The zero-order valence-electron chi connectivity index (χ0n) is 15.5. The van der Waals surface area contributed by atoms with Crippen LogP contribution >= 0.6 is 0 Å². The van der Waals surface area contributed by atoms with E-state index in [9.17, 15) is 9.18 Å². The van der Waals surface area contributed by atoms with E-state index in [2.05, 4.69) is 20.9 Å². The number of guanidine groups is 1. The molecule has 142 valence electrons. The van der Waals surface area contributed by atoms with Crippen molar-refractivity contribution >= 4 is 11.9 Å². The molecule has 0 aromatic heterocycles. The maximum absolute atomic E-state index is 14.1. The summed E-state index contributed by atoms with van der Waals surface area (Å²) in [6.45, 7) is 2.09. The molecule has 2 aliphatic carbocycles. The highest BCUT2D eigenvalue weighted by Crippen LogP contribution is 2.48. The highest BCUT2D eigenvalue weighted by molar-refractivity contribution is 5.80. The van der Waals surface area contributed by atoms with Gasteiger partial charge >= 0.3 is 0 Å². The number of hydrogen-bond donors (Lipinski definition) is 3. The minimum Gasteiger partial charge on any atom is -0.356 e. The average Bonchev–Trinajstić information content (AvgIpc) is 3.37. The van der Waals surface area contributed by atoms with Crippen LogP contribution in [0.15, 0.2) is 29.3 Å². The third-order valence-electron chi connectivity index (χ3n) is 5.54. The third kappa shape index (κ3) is 4.54. The Hall–Kier alpha value is -2.11. The molecule has 0 radical (unpaired) electrons. The lowest BCUT2D eigenvalue weighted by atomic mass is 9.85. The number of carbonyl (C=O) groups excluding carboxylic acids is 1. The van der Waals surface area contributed by atoms with Crippen LogP contribution in [0.25, 0.3) is 0 Å². The number of amides is 1. The molecule has 0 heterocycles. The number of benzene rings is 1. The highest BCUT2D eigenvalue weighted by atomic mass is 19.1. The molecular weight excluding hydrogens is 331 g/mol. The van der Waals surface area contributed by atoms with Gasteiger partial charge in [-0.25, -0.2) is 4.39 Å². The fraction of sp³-hybridized carbons (Fsp3) is 0.600. The predicted octanol–water partition coefficient (Wildman–Crippen LogP) is 2.33. The Morgan fingerprint density at radius 3 is 2.54 bits per heavy atom. The smallest absolute Gasteiger partial charge is 0.223 e. The number of rotatable bonds is 8. The molecule has 1 aromatic rings. The number of halogens is 1. The van der Waals surface area contributed by atoms with Crippen molar-refractivity contribution in [1.29, 1.82) is 0 Å². The Labute approximate surface area is 154 Å². The molecule has 0 unspecified atom stereocenters. The van der Waals surface area contributed by atoms with Crippen molar-refractivity contribution in [2.75, 3.05) is 26.7 Å². The third-order valence-corrected chi connectivity index (χ3v) is 5.54. The van der Waals surface area contributed by atoms with Gasteiger partial charge in [0.1, 0.15) is 5.82 Å². The molecule has 2 aliphatic rings. The summed E-state index contributed by atoms with van der Waals surface area (Å²) in [5.41, 5.74) is 0.682. The quantitative estimate of drug-likeness (QED) is 0.379. The van der Waals surface area contributed by atoms with E-state index in [1.807, 2.05) is 12.1 Å². The Morgan fingerprint density at radius 2 is 1.92 bits per heavy atom. The lowest BCUT2D eigenvalue weighted by Crippen LogP contribution is -2.42. The lowest BCUT2D eigenvalue weighted by Gasteiger charge is -2.24. The average molecular weight is 360 g/mol. The van der Waals surface area contributed by atoms with E-state index in [-0.39, 0.29) is 23.1 Å². The maximum atomic E-state index is 14.1. The Bertz CT molecular complexity index is 653. The molecule has 3 rings (SSSR count). The van der Waals surface area contributed by atoms with Gasteiger partial charge in [0.25, 0.3) is 0 Å². The summed E-state index contributed by atoms with van der Waals surface area (Å²) in [7, 11) is 1.73. The van der Waals surface area contributed by atoms with Crippen LogP contribution < -0.4 is 16.0 Å². The minimum atomic E-state index is -0.128. The fourth-order valence-corrected chi connectivity index (χ4v) is 3.38. The fourth-order valence-electron chi connectivity index (χ4n) is 3.38. The van der Waals surface area contributed by atoms with E-state index < -0.39 is 0 Å². The van der Waals surface area contributed by atoms with Crippen molar-refractivity contribution in [1.82, 2.24) is 16.0 Å². The first-order valence-corrected chi connectivity index (χ1v) is 9.62. The Balaban J connectivity index is 1.36. The Kier molecular flexibility index (Phi) is 6.12. The molecule has 2 fully saturated rings. The van der Waals surface area contributed by atoms with Gasteiger partial charge in [0, 0.05) is 38.0 Å². The second-order valence-electron chi connectivity index (χ2n) is 7.39. The van der Waals surface area contributed by atoms with Crippen LogP contribution in [-0.4, -0.2) is 38.5 Å². The van der Waals surface area contributed by atoms with Gasteiger partial charge in [0.05, 0.1) is 0 Å². The highest BCUT2D eigenvalue weighted by Gasteiger charge is 2.45. The molecule has 0 aliphatic heterocycles. The number of carbonyl (C=O) groups is 1. The Morgan fingerprint density at radius 1 is 1.19 bits per heavy atom. The maximum Gasteiger partial charge on any atom is 0.223 e. The van der Waals surface area contributed by atoms with Gasteiger partial charge < -0.3 is 16.0 Å². The monoisotopic (exact) mass is 360 g/mol. The van der Waals surface area contributed by atoms with E-state index in [0.717, 1.165) is 50.2 Å². The van der Waals surface area contributed by atoms with Gasteiger partial charge in [0.2, 0.25) is 5.91 Å². The molecule has 1 aromatic carbocycles. The molecule has 2 saturated carbocycles. The van der Waals surface area contributed by atoms with Crippen LogP contribution in [0.1, 0.15) is 44.1 Å². The summed E-state index contributed by atoms with van der Waals surface area (Å²) in [5.74, 6) is 1.03. The molecule has 6 heteroatoms. The van der Waals surface area contributed by atoms with Gasteiger partial charge in [-0.15, -0.1) is 0 Å². The van der Waals surface area contributed by atoms with Gasteiger partial charge in [-0.2, -0.15) is 0 Å². The van der Waals surface area contributed by atoms with Gasteiger partial charge in [-0.3, -0.25) is 9.79 Å². The van der Waals surface area contributed by atoms with Crippen molar-refractivity contribution < 1.29 is 9.18 Å².